The monoisotopic (exact) mass is 815 g/mol. The summed E-state index contributed by atoms with van der Waals surface area (Å²) in [5.74, 6) is 1.81. The predicted molar refractivity (Wildman–Crippen MR) is 257 cm³/mol. The first-order valence-electron chi connectivity index (χ1n) is 21.7. The Kier molecular flexibility index (Phi) is 8.06. The Bertz CT molecular complexity index is 3560. The van der Waals surface area contributed by atoms with Gasteiger partial charge in [-0.1, -0.05) is 188 Å². The van der Waals surface area contributed by atoms with Gasteiger partial charge in [0.2, 0.25) is 0 Å². The van der Waals surface area contributed by atoms with Crippen LogP contribution in [0.3, 0.4) is 0 Å². The van der Waals surface area contributed by atoms with Gasteiger partial charge in [0.25, 0.3) is 0 Å². The Balaban J connectivity index is 1.02. The van der Waals surface area contributed by atoms with Crippen molar-refractivity contribution < 1.29 is 0 Å². The van der Waals surface area contributed by atoms with E-state index < -0.39 is 5.41 Å². The molecule has 0 saturated heterocycles. The summed E-state index contributed by atoms with van der Waals surface area (Å²) >= 11 is 0. The van der Waals surface area contributed by atoms with Crippen molar-refractivity contribution in [1.82, 2.24) is 24.3 Å². The van der Waals surface area contributed by atoms with Crippen LogP contribution in [0.25, 0.3) is 95.7 Å². The number of rotatable bonds is 6. The van der Waals surface area contributed by atoms with E-state index in [2.05, 4.69) is 205 Å². The number of benzene rings is 8. The number of imidazole rings is 1. The second-order valence-electron chi connectivity index (χ2n) is 16.6. The van der Waals surface area contributed by atoms with E-state index in [0.717, 1.165) is 56.0 Å². The maximum Gasteiger partial charge on any atom is 0.164 e. The third-order valence-electron chi connectivity index (χ3n) is 13.1. The number of hydrogen-bond acceptors (Lipinski definition) is 4. The SMILES string of the molecule is c1ccc(-c2cccc(-c3nc(-c4cccc(-c5nc6ccccn6c5-c5ccccc5)c4)nc(-c4ccc5c(c4)C4(c6ccccc6-c6ccccc64)c4ccccc4-5)n3)c2)cc1. The van der Waals surface area contributed by atoms with E-state index in [0.29, 0.717) is 17.5 Å². The van der Waals surface area contributed by atoms with Crippen LogP contribution in [0, 0.1) is 0 Å². The molecule has 0 aliphatic heterocycles. The van der Waals surface area contributed by atoms with E-state index in [-0.39, 0.29) is 0 Å². The van der Waals surface area contributed by atoms with Gasteiger partial charge < -0.3 is 0 Å². The van der Waals surface area contributed by atoms with Crippen LogP contribution >= 0.6 is 0 Å². The van der Waals surface area contributed by atoms with Gasteiger partial charge in [-0.3, -0.25) is 4.40 Å². The van der Waals surface area contributed by atoms with Crippen LogP contribution in [-0.4, -0.2) is 24.3 Å². The molecule has 11 aromatic rings. The summed E-state index contributed by atoms with van der Waals surface area (Å²) in [4.78, 5) is 21.2. The van der Waals surface area contributed by atoms with Crippen molar-refractivity contribution in [3.63, 3.8) is 0 Å². The van der Waals surface area contributed by atoms with Crippen molar-refractivity contribution in [2.24, 2.45) is 0 Å². The molecular formula is C59H37N5. The molecule has 298 valence electrons. The normalized spacial score (nSPS) is 12.8. The van der Waals surface area contributed by atoms with Gasteiger partial charge in [-0.25, -0.2) is 19.9 Å². The highest BCUT2D eigenvalue weighted by Gasteiger charge is 2.51. The fourth-order valence-corrected chi connectivity index (χ4v) is 10.3. The molecule has 0 fully saturated rings. The molecule has 3 heterocycles. The maximum atomic E-state index is 5.37. The summed E-state index contributed by atoms with van der Waals surface area (Å²) in [7, 11) is 0. The van der Waals surface area contributed by atoms with Crippen LogP contribution in [-0.2, 0) is 5.41 Å². The first-order chi connectivity index (χ1) is 31.7. The Morgan fingerprint density at radius 2 is 0.750 bits per heavy atom. The molecule has 0 atom stereocenters. The zero-order valence-corrected chi connectivity index (χ0v) is 34.6. The standard InChI is InChI=1S/C59H37N5/c1-3-17-38(18-4-1)40-21-15-23-42(35-40)56-61-57(43-24-16-22-41(36-43)54-55(39-19-5-2-6-20-39)64-34-14-13-31-53(64)60-54)63-58(62-56)44-32-33-48-47-27-9-12-30-51(47)59(52(48)37-44)49-28-10-7-25-45(49)46-26-8-11-29-50(46)59/h1-37H. The second-order valence-corrected chi connectivity index (χ2v) is 16.6. The fraction of sp³-hybridized carbons (Fsp3) is 0.0169. The molecule has 8 aromatic carbocycles. The van der Waals surface area contributed by atoms with Crippen LogP contribution in [0.2, 0.25) is 0 Å². The molecule has 0 bridgehead atoms. The van der Waals surface area contributed by atoms with Crippen molar-refractivity contribution in [2.45, 2.75) is 5.41 Å². The lowest BCUT2D eigenvalue weighted by molar-refractivity contribution is 0.794. The topological polar surface area (TPSA) is 56.0 Å². The molecule has 5 heteroatoms. The highest BCUT2D eigenvalue weighted by molar-refractivity contribution is 5.96. The van der Waals surface area contributed by atoms with Gasteiger partial charge in [-0.05, 0) is 86.0 Å². The fourth-order valence-electron chi connectivity index (χ4n) is 10.3. The first kappa shape index (κ1) is 36.1. The molecule has 0 unspecified atom stereocenters. The molecular weight excluding hydrogens is 779 g/mol. The van der Waals surface area contributed by atoms with Gasteiger partial charge >= 0.3 is 0 Å². The summed E-state index contributed by atoms with van der Waals surface area (Å²) in [5, 5.41) is 0. The summed E-state index contributed by atoms with van der Waals surface area (Å²) in [5.41, 5.74) is 19.5. The lowest BCUT2D eigenvalue weighted by Gasteiger charge is -2.30. The number of aromatic nitrogens is 5. The van der Waals surface area contributed by atoms with Crippen LogP contribution in [0.5, 0.6) is 0 Å². The minimum absolute atomic E-state index is 0.489. The van der Waals surface area contributed by atoms with Crippen LogP contribution in [0.4, 0.5) is 0 Å². The highest BCUT2D eigenvalue weighted by atomic mass is 15.0. The first-order valence-corrected chi connectivity index (χ1v) is 21.7. The number of nitrogens with zero attached hydrogens (tertiary/aromatic N) is 5. The number of fused-ring (bicyclic) bond motifs is 11. The van der Waals surface area contributed by atoms with Crippen LogP contribution < -0.4 is 0 Å². The average Bonchev–Trinajstić information content (AvgIpc) is 4.01. The molecule has 1 spiro atoms. The van der Waals surface area contributed by atoms with Crippen molar-refractivity contribution in [1.29, 1.82) is 0 Å². The molecule has 0 N–H and O–H groups in total. The molecule has 3 aromatic heterocycles. The van der Waals surface area contributed by atoms with Gasteiger partial charge in [-0.15, -0.1) is 0 Å². The lowest BCUT2D eigenvalue weighted by Crippen LogP contribution is -2.25. The summed E-state index contributed by atoms with van der Waals surface area (Å²) < 4.78 is 2.16. The summed E-state index contributed by atoms with van der Waals surface area (Å²) in [6.07, 6.45) is 2.08. The molecule has 5 nitrogen and oxygen atoms in total. The van der Waals surface area contributed by atoms with E-state index >= 15 is 0 Å². The van der Waals surface area contributed by atoms with Gasteiger partial charge in [0.1, 0.15) is 5.65 Å². The Morgan fingerprint density at radius 1 is 0.297 bits per heavy atom. The molecule has 0 amide bonds. The van der Waals surface area contributed by atoms with E-state index in [1.54, 1.807) is 0 Å². The average molecular weight is 816 g/mol. The van der Waals surface area contributed by atoms with Gasteiger partial charge in [0.05, 0.1) is 16.8 Å². The maximum absolute atomic E-state index is 5.37. The van der Waals surface area contributed by atoms with Crippen LogP contribution in [0.15, 0.2) is 225 Å². The molecule has 0 saturated carbocycles. The van der Waals surface area contributed by atoms with Crippen molar-refractivity contribution in [2.75, 3.05) is 0 Å². The van der Waals surface area contributed by atoms with E-state index in [1.165, 1.54) is 44.5 Å². The Labute approximate surface area is 370 Å². The van der Waals surface area contributed by atoms with Crippen molar-refractivity contribution in [3.05, 3.63) is 247 Å². The zero-order chi connectivity index (χ0) is 42.2. The number of pyridine rings is 1. The second kappa shape index (κ2) is 14.3. The molecule has 13 rings (SSSR count). The molecule has 0 radical (unpaired) electrons. The smallest absolute Gasteiger partial charge is 0.164 e. The third kappa shape index (κ3) is 5.44. The Hall–Kier alpha value is -8.54. The lowest BCUT2D eigenvalue weighted by atomic mass is 9.70. The molecule has 2 aliphatic rings. The highest BCUT2D eigenvalue weighted by Crippen LogP contribution is 2.63. The largest absolute Gasteiger partial charge is 0.299 e. The van der Waals surface area contributed by atoms with Gasteiger partial charge in [0.15, 0.2) is 17.5 Å². The van der Waals surface area contributed by atoms with Gasteiger partial charge in [-0.2, -0.15) is 0 Å². The minimum atomic E-state index is -0.489. The van der Waals surface area contributed by atoms with Crippen molar-refractivity contribution >= 4 is 5.65 Å². The predicted octanol–water partition coefficient (Wildman–Crippen LogP) is 13.9. The van der Waals surface area contributed by atoms with Crippen LogP contribution in [0.1, 0.15) is 22.3 Å². The summed E-state index contributed by atoms with van der Waals surface area (Å²) in [6.45, 7) is 0. The van der Waals surface area contributed by atoms with Crippen molar-refractivity contribution in [3.8, 4) is 90.1 Å². The Morgan fingerprint density at radius 3 is 1.36 bits per heavy atom. The summed E-state index contributed by atoms with van der Waals surface area (Å²) in [6, 6.07) is 77.5. The van der Waals surface area contributed by atoms with E-state index in [4.69, 9.17) is 19.9 Å². The molecule has 64 heavy (non-hydrogen) atoms. The van der Waals surface area contributed by atoms with Gasteiger partial charge in [0, 0.05) is 34.0 Å². The zero-order valence-electron chi connectivity index (χ0n) is 34.6. The number of hydrogen-bond donors (Lipinski definition) is 0. The van der Waals surface area contributed by atoms with E-state index in [9.17, 15) is 0 Å². The quantitative estimate of drug-likeness (QED) is 0.168. The van der Waals surface area contributed by atoms with E-state index in [1.807, 2.05) is 24.3 Å². The minimum Gasteiger partial charge on any atom is -0.299 e. The third-order valence-corrected chi connectivity index (χ3v) is 13.1. The molecule has 2 aliphatic carbocycles.